The Balaban J connectivity index is 1.64. The fourth-order valence-electron chi connectivity index (χ4n) is 4.04. The van der Waals surface area contributed by atoms with Gasteiger partial charge in [-0.15, -0.1) is 0 Å². The third-order valence-corrected chi connectivity index (χ3v) is 5.53. The van der Waals surface area contributed by atoms with E-state index in [-0.39, 0.29) is 11.7 Å². The van der Waals surface area contributed by atoms with E-state index in [1.807, 2.05) is 67.6 Å². The van der Waals surface area contributed by atoms with Crippen molar-refractivity contribution in [3.8, 4) is 0 Å². The van der Waals surface area contributed by atoms with Crippen molar-refractivity contribution < 1.29 is 18.7 Å². The molecule has 0 bridgehead atoms. The number of hydrogen-bond acceptors (Lipinski definition) is 5. The molecule has 31 heavy (non-hydrogen) atoms. The fraction of sp³-hybridized carbons (Fsp3) is 0.240. The Kier molecular flexibility index (Phi) is 5.98. The number of hydrazone groups is 1. The molecule has 0 atom stereocenters. The highest BCUT2D eigenvalue weighted by atomic mass is 16.5. The van der Waals surface area contributed by atoms with E-state index < -0.39 is 11.9 Å². The van der Waals surface area contributed by atoms with Gasteiger partial charge >= 0.3 is 5.97 Å². The second kappa shape index (κ2) is 9.00. The minimum Gasteiger partial charge on any atom is -0.463 e. The number of methoxy groups -OCH3 is 1. The van der Waals surface area contributed by atoms with Gasteiger partial charge in [-0.05, 0) is 30.9 Å². The molecule has 0 aliphatic heterocycles. The second-order valence-corrected chi connectivity index (χ2v) is 7.49. The minimum absolute atomic E-state index is 0.194. The van der Waals surface area contributed by atoms with Gasteiger partial charge in [-0.3, -0.25) is 4.79 Å². The van der Waals surface area contributed by atoms with Crippen LogP contribution in [-0.2, 0) is 16.0 Å². The summed E-state index contributed by atoms with van der Waals surface area (Å²) >= 11 is 0. The van der Waals surface area contributed by atoms with E-state index in [1.165, 1.54) is 7.11 Å². The Morgan fingerprint density at radius 1 is 1.00 bits per heavy atom. The van der Waals surface area contributed by atoms with Crippen molar-refractivity contribution in [3.05, 3.63) is 94.4 Å². The molecule has 3 aromatic rings. The van der Waals surface area contributed by atoms with Crippen molar-refractivity contribution in [1.29, 1.82) is 0 Å². The molecule has 0 unspecified atom stereocenters. The van der Waals surface area contributed by atoms with Crippen molar-refractivity contribution in [2.75, 3.05) is 7.11 Å². The lowest BCUT2D eigenvalue weighted by Crippen LogP contribution is -2.28. The van der Waals surface area contributed by atoms with E-state index >= 15 is 0 Å². The number of benzene rings is 2. The quantitative estimate of drug-likeness (QED) is 0.495. The van der Waals surface area contributed by atoms with Crippen LogP contribution in [0.3, 0.4) is 0 Å². The molecule has 1 aliphatic carbocycles. The number of carbonyl (C=O) groups is 2. The monoisotopic (exact) mass is 416 g/mol. The van der Waals surface area contributed by atoms with Crippen molar-refractivity contribution in [1.82, 2.24) is 5.43 Å². The first-order valence-electron chi connectivity index (χ1n) is 10.3. The van der Waals surface area contributed by atoms with E-state index in [1.54, 1.807) is 0 Å². The third kappa shape index (κ3) is 4.14. The van der Waals surface area contributed by atoms with E-state index in [0.717, 1.165) is 29.5 Å². The van der Waals surface area contributed by atoms with Gasteiger partial charge in [-0.2, -0.15) is 5.10 Å². The maximum absolute atomic E-state index is 13.2. The van der Waals surface area contributed by atoms with Crippen LogP contribution in [0.5, 0.6) is 0 Å². The fourth-order valence-corrected chi connectivity index (χ4v) is 4.04. The number of amides is 1. The van der Waals surface area contributed by atoms with Crippen molar-refractivity contribution in [2.45, 2.75) is 32.1 Å². The average molecular weight is 416 g/mol. The first-order chi connectivity index (χ1) is 15.1. The summed E-state index contributed by atoms with van der Waals surface area (Å²) in [6.07, 6.45) is 2.24. The van der Waals surface area contributed by atoms with Gasteiger partial charge in [-0.1, -0.05) is 60.7 Å². The molecule has 0 fully saturated rings. The molecule has 2 aromatic carbocycles. The van der Waals surface area contributed by atoms with Gasteiger partial charge in [0.05, 0.1) is 18.7 Å². The van der Waals surface area contributed by atoms with Crippen LogP contribution in [0.15, 0.2) is 70.2 Å². The Morgan fingerprint density at radius 3 is 2.19 bits per heavy atom. The summed E-state index contributed by atoms with van der Waals surface area (Å²) in [5.74, 6) is -0.305. The molecule has 0 saturated heterocycles. The Bertz CT molecular complexity index is 1080. The van der Waals surface area contributed by atoms with E-state index in [9.17, 15) is 9.59 Å². The molecule has 0 radical (unpaired) electrons. The molecule has 0 spiro atoms. The number of nitrogens with zero attached hydrogens (tertiary/aromatic N) is 1. The number of rotatable bonds is 5. The Hall–Kier alpha value is -3.67. The summed E-state index contributed by atoms with van der Waals surface area (Å²) in [7, 11) is 1.33. The summed E-state index contributed by atoms with van der Waals surface area (Å²) in [5, 5.41) is 4.46. The van der Waals surface area contributed by atoms with E-state index in [4.69, 9.17) is 9.15 Å². The van der Waals surface area contributed by atoms with Crippen molar-refractivity contribution >= 4 is 17.6 Å². The number of nitrogens with one attached hydrogen (secondary N) is 1. The van der Waals surface area contributed by atoms with Crippen LogP contribution in [0, 0.1) is 6.92 Å². The van der Waals surface area contributed by atoms with Gasteiger partial charge in [0.2, 0.25) is 5.76 Å². The molecular weight excluding hydrogens is 392 g/mol. The van der Waals surface area contributed by atoms with Crippen LogP contribution in [0.2, 0.25) is 0 Å². The lowest BCUT2D eigenvalue weighted by atomic mass is 9.91. The topological polar surface area (TPSA) is 80.9 Å². The molecule has 158 valence electrons. The van der Waals surface area contributed by atoms with E-state index in [2.05, 4.69) is 10.5 Å². The Morgan fingerprint density at radius 2 is 1.61 bits per heavy atom. The summed E-state index contributed by atoms with van der Waals surface area (Å²) in [6.45, 7) is 1.81. The molecule has 4 rings (SSSR count). The number of hydrogen-bond donors (Lipinski definition) is 1. The standard InChI is InChI=1S/C25H24N2O4/c1-16-21-19(14-9-15-20(21)31-23(16)25(29)30-2)26-27-24(28)22(17-10-5-3-6-11-17)18-12-7-4-8-13-18/h3-8,10-13,22H,9,14-15H2,1-2H3,(H,27,28)/b26-19+. The predicted octanol–water partition coefficient (Wildman–Crippen LogP) is 4.36. The van der Waals surface area contributed by atoms with Crippen molar-refractivity contribution in [2.24, 2.45) is 5.10 Å². The maximum atomic E-state index is 13.2. The van der Waals surface area contributed by atoms with Crippen LogP contribution in [0.25, 0.3) is 0 Å². The van der Waals surface area contributed by atoms with Crippen molar-refractivity contribution in [3.63, 3.8) is 0 Å². The molecule has 1 N–H and O–H groups in total. The SMILES string of the molecule is COC(=O)c1oc2c(c1C)/C(=N/NC(=O)C(c1ccccc1)c1ccccc1)CCC2. The van der Waals surface area contributed by atoms with Gasteiger partial charge < -0.3 is 9.15 Å². The predicted molar refractivity (Wildman–Crippen MR) is 117 cm³/mol. The normalized spacial score (nSPS) is 14.4. The lowest BCUT2D eigenvalue weighted by molar-refractivity contribution is -0.121. The highest BCUT2D eigenvalue weighted by Gasteiger charge is 2.29. The molecule has 6 nitrogen and oxygen atoms in total. The number of carbonyl (C=O) groups excluding carboxylic acids is 2. The number of ether oxygens (including phenoxy) is 1. The zero-order valence-corrected chi connectivity index (χ0v) is 17.6. The first kappa shape index (κ1) is 20.6. The maximum Gasteiger partial charge on any atom is 0.374 e. The van der Waals surface area contributed by atoms with E-state index in [0.29, 0.717) is 23.5 Å². The first-order valence-corrected chi connectivity index (χ1v) is 10.3. The third-order valence-electron chi connectivity index (χ3n) is 5.53. The van der Waals surface area contributed by atoms with Crippen LogP contribution < -0.4 is 5.43 Å². The number of esters is 1. The molecule has 1 aliphatic rings. The highest BCUT2D eigenvalue weighted by Crippen LogP contribution is 2.30. The molecular formula is C25H24N2O4. The number of furan rings is 1. The molecule has 1 amide bonds. The molecule has 0 saturated carbocycles. The van der Waals surface area contributed by atoms with Gasteiger partial charge in [-0.25, -0.2) is 10.2 Å². The minimum atomic E-state index is -0.511. The zero-order valence-electron chi connectivity index (χ0n) is 17.6. The lowest BCUT2D eigenvalue weighted by Gasteiger charge is -2.18. The summed E-state index contributed by atoms with van der Waals surface area (Å²) in [4.78, 5) is 25.2. The van der Waals surface area contributed by atoms with Crippen LogP contribution in [0.1, 0.15) is 57.3 Å². The second-order valence-electron chi connectivity index (χ2n) is 7.49. The van der Waals surface area contributed by atoms with Gasteiger partial charge in [0, 0.05) is 17.5 Å². The summed E-state index contributed by atoms with van der Waals surface area (Å²) < 4.78 is 10.6. The summed E-state index contributed by atoms with van der Waals surface area (Å²) in [5.41, 5.74) is 6.74. The van der Waals surface area contributed by atoms with Crippen LogP contribution >= 0.6 is 0 Å². The van der Waals surface area contributed by atoms with Crippen LogP contribution in [-0.4, -0.2) is 24.7 Å². The van der Waals surface area contributed by atoms with Gasteiger partial charge in [0.15, 0.2) is 0 Å². The molecule has 1 heterocycles. The van der Waals surface area contributed by atoms with Gasteiger partial charge in [0.1, 0.15) is 5.76 Å². The number of aryl methyl sites for hydroxylation is 1. The highest BCUT2D eigenvalue weighted by molar-refractivity contribution is 6.06. The molecule has 1 aromatic heterocycles. The smallest absolute Gasteiger partial charge is 0.374 e. The van der Waals surface area contributed by atoms with Crippen LogP contribution in [0.4, 0.5) is 0 Å². The zero-order chi connectivity index (χ0) is 21.8. The average Bonchev–Trinajstić information content (AvgIpc) is 3.16. The largest absolute Gasteiger partial charge is 0.463 e. The molecule has 6 heteroatoms. The number of fused-ring (bicyclic) bond motifs is 1. The van der Waals surface area contributed by atoms with Gasteiger partial charge in [0.25, 0.3) is 5.91 Å². The Labute approximate surface area is 180 Å². The summed E-state index contributed by atoms with van der Waals surface area (Å²) in [6, 6.07) is 19.3.